The Kier molecular flexibility index (Phi) is 4.70. The Hall–Kier alpha value is -1.30. The largest absolute Gasteiger partial charge is 0.444 e. The van der Waals surface area contributed by atoms with Crippen molar-refractivity contribution in [2.45, 2.75) is 50.7 Å². The van der Waals surface area contributed by atoms with E-state index in [4.69, 9.17) is 22.1 Å². The minimum Gasteiger partial charge on any atom is -0.444 e. The van der Waals surface area contributed by atoms with Gasteiger partial charge in [-0.25, -0.2) is 4.79 Å². The van der Waals surface area contributed by atoms with Crippen LogP contribution in [0.3, 0.4) is 0 Å². The molecule has 1 saturated carbocycles. The normalized spacial score (nSPS) is 24.5. The Bertz CT molecular complexity index is 563. The molecular weight excluding hydrogens is 304 g/mol. The van der Waals surface area contributed by atoms with E-state index in [9.17, 15) is 9.90 Å². The number of carbonyl (C=O) groups excluding carboxylic acids is 1. The van der Waals surface area contributed by atoms with Crippen LogP contribution in [0.1, 0.15) is 39.2 Å². The van der Waals surface area contributed by atoms with Gasteiger partial charge in [0.15, 0.2) is 0 Å². The first-order valence-electron chi connectivity index (χ1n) is 7.33. The average Bonchev–Trinajstić information content (AvgIpc) is 2.33. The summed E-state index contributed by atoms with van der Waals surface area (Å²) in [5.74, 6) is 0. The molecule has 0 bridgehead atoms. The number of nitrogens with two attached hydrogens (primary N) is 1. The number of ether oxygens (including phenoxy) is 1. The van der Waals surface area contributed by atoms with E-state index in [1.807, 2.05) is 6.07 Å². The zero-order valence-corrected chi connectivity index (χ0v) is 13.9. The summed E-state index contributed by atoms with van der Waals surface area (Å²) in [6.45, 7) is 5.84. The average molecular weight is 327 g/mol. The van der Waals surface area contributed by atoms with Gasteiger partial charge in [0.1, 0.15) is 5.60 Å². The van der Waals surface area contributed by atoms with Crippen LogP contribution in [0.5, 0.6) is 0 Å². The zero-order valence-electron chi connectivity index (χ0n) is 13.1. The fourth-order valence-corrected chi connectivity index (χ4v) is 3.16. The fraction of sp³-hybridized carbons (Fsp3) is 0.562. The predicted molar refractivity (Wildman–Crippen MR) is 87.3 cm³/mol. The molecule has 0 aliphatic heterocycles. The number of halogens is 1. The Morgan fingerprint density at radius 3 is 2.59 bits per heavy atom. The first-order chi connectivity index (χ1) is 10.1. The molecule has 0 saturated heterocycles. The second kappa shape index (κ2) is 6.07. The molecule has 0 aromatic heterocycles. The third kappa shape index (κ3) is 3.72. The van der Waals surface area contributed by atoms with Crippen LogP contribution in [-0.2, 0) is 10.2 Å². The minimum atomic E-state index is -0.556. The molecule has 4 N–H and O–H groups in total. The highest BCUT2D eigenvalue weighted by molar-refractivity contribution is 6.31. The molecule has 0 heterocycles. The smallest absolute Gasteiger partial charge is 0.412 e. The van der Waals surface area contributed by atoms with Gasteiger partial charge in [0.2, 0.25) is 0 Å². The van der Waals surface area contributed by atoms with Crippen molar-refractivity contribution in [3.8, 4) is 0 Å². The van der Waals surface area contributed by atoms with Gasteiger partial charge in [-0.15, -0.1) is 0 Å². The maximum Gasteiger partial charge on any atom is 0.412 e. The summed E-state index contributed by atoms with van der Waals surface area (Å²) in [6, 6.07) is 5.31. The molecule has 1 aromatic carbocycles. The lowest BCUT2D eigenvalue weighted by molar-refractivity contribution is 0.0222. The van der Waals surface area contributed by atoms with E-state index in [-0.39, 0.29) is 11.5 Å². The lowest BCUT2D eigenvalue weighted by Crippen LogP contribution is -2.50. The van der Waals surface area contributed by atoms with Crippen LogP contribution < -0.4 is 11.1 Å². The van der Waals surface area contributed by atoms with E-state index in [1.54, 1.807) is 32.9 Å². The number of benzene rings is 1. The Morgan fingerprint density at radius 2 is 2.14 bits per heavy atom. The number of hydrogen-bond acceptors (Lipinski definition) is 4. The molecule has 5 nitrogen and oxygen atoms in total. The van der Waals surface area contributed by atoms with E-state index in [2.05, 4.69) is 5.32 Å². The number of amides is 1. The van der Waals surface area contributed by atoms with Crippen molar-refractivity contribution in [2.24, 2.45) is 5.73 Å². The highest BCUT2D eigenvalue weighted by atomic mass is 35.5. The van der Waals surface area contributed by atoms with Crippen molar-refractivity contribution < 1.29 is 14.6 Å². The standard InChI is InChI=1S/C16H23ClN2O3/c1-15(2,3)22-14(21)19-10-4-5-12(13(17)6-10)16(9-18)7-11(20)8-16/h4-6,11,20H,7-9,18H2,1-3H3,(H,19,21). The summed E-state index contributed by atoms with van der Waals surface area (Å²) < 4.78 is 5.20. The van der Waals surface area contributed by atoms with E-state index < -0.39 is 11.7 Å². The van der Waals surface area contributed by atoms with Gasteiger partial charge in [-0.2, -0.15) is 0 Å². The highest BCUT2D eigenvalue weighted by Gasteiger charge is 2.44. The number of aliphatic hydroxyl groups is 1. The van der Waals surface area contributed by atoms with Gasteiger partial charge in [-0.05, 0) is 51.3 Å². The van der Waals surface area contributed by atoms with Gasteiger partial charge in [0.05, 0.1) is 6.10 Å². The highest BCUT2D eigenvalue weighted by Crippen LogP contribution is 2.46. The number of hydrogen-bond donors (Lipinski definition) is 3. The number of anilines is 1. The summed E-state index contributed by atoms with van der Waals surface area (Å²) in [4.78, 5) is 11.8. The Morgan fingerprint density at radius 1 is 1.50 bits per heavy atom. The summed E-state index contributed by atoms with van der Waals surface area (Å²) in [5, 5.41) is 12.8. The quantitative estimate of drug-likeness (QED) is 0.797. The van der Waals surface area contributed by atoms with E-state index in [1.165, 1.54) is 0 Å². The molecule has 1 aromatic rings. The van der Waals surface area contributed by atoms with Gasteiger partial charge >= 0.3 is 6.09 Å². The lowest BCUT2D eigenvalue weighted by Gasteiger charge is -2.45. The van der Waals surface area contributed by atoms with Gasteiger partial charge in [0.25, 0.3) is 0 Å². The molecule has 1 aliphatic rings. The second-order valence-electron chi connectivity index (χ2n) is 6.87. The van der Waals surface area contributed by atoms with Gasteiger partial charge < -0.3 is 15.6 Å². The number of carbonyl (C=O) groups is 1. The Labute approximate surface area is 135 Å². The summed E-state index contributed by atoms with van der Waals surface area (Å²) >= 11 is 6.34. The summed E-state index contributed by atoms with van der Waals surface area (Å²) in [6.07, 6.45) is 0.382. The van der Waals surface area contributed by atoms with Crippen molar-refractivity contribution in [1.82, 2.24) is 0 Å². The minimum absolute atomic E-state index is 0.263. The molecule has 0 atom stereocenters. The van der Waals surface area contributed by atoms with Gasteiger partial charge in [0, 0.05) is 22.7 Å². The van der Waals surface area contributed by atoms with Crippen LogP contribution in [-0.4, -0.2) is 29.4 Å². The van der Waals surface area contributed by atoms with Gasteiger partial charge in [-0.1, -0.05) is 17.7 Å². The van der Waals surface area contributed by atoms with Crippen LogP contribution >= 0.6 is 11.6 Å². The molecule has 22 heavy (non-hydrogen) atoms. The van der Waals surface area contributed by atoms with Gasteiger partial charge in [-0.3, -0.25) is 5.32 Å². The third-order valence-corrected chi connectivity index (χ3v) is 4.14. The Balaban J connectivity index is 2.12. The lowest BCUT2D eigenvalue weighted by atomic mass is 9.63. The number of aliphatic hydroxyl groups excluding tert-OH is 1. The van der Waals surface area contributed by atoms with Crippen LogP contribution in [0.2, 0.25) is 5.02 Å². The summed E-state index contributed by atoms with van der Waals surface area (Å²) in [7, 11) is 0. The molecule has 0 spiro atoms. The first-order valence-corrected chi connectivity index (χ1v) is 7.71. The van der Waals surface area contributed by atoms with Crippen LogP contribution in [0.4, 0.5) is 10.5 Å². The maximum atomic E-state index is 11.8. The van der Waals surface area contributed by atoms with Crippen LogP contribution in [0.15, 0.2) is 18.2 Å². The molecular formula is C16H23ClN2O3. The van der Waals surface area contributed by atoms with E-state index >= 15 is 0 Å². The summed E-state index contributed by atoms with van der Waals surface area (Å²) in [5.41, 5.74) is 6.52. The fourth-order valence-electron chi connectivity index (χ4n) is 2.78. The van der Waals surface area contributed by atoms with Crippen molar-refractivity contribution in [1.29, 1.82) is 0 Å². The van der Waals surface area contributed by atoms with Crippen molar-refractivity contribution in [3.05, 3.63) is 28.8 Å². The van der Waals surface area contributed by atoms with Crippen LogP contribution in [0.25, 0.3) is 0 Å². The zero-order chi connectivity index (χ0) is 16.5. The van der Waals surface area contributed by atoms with E-state index in [0.717, 1.165) is 5.56 Å². The number of rotatable bonds is 3. The second-order valence-corrected chi connectivity index (χ2v) is 7.28. The van der Waals surface area contributed by atoms with E-state index in [0.29, 0.717) is 30.1 Å². The molecule has 0 unspecified atom stereocenters. The number of nitrogens with one attached hydrogen (secondary N) is 1. The third-order valence-electron chi connectivity index (χ3n) is 3.83. The first kappa shape index (κ1) is 17.1. The molecule has 6 heteroatoms. The van der Waals surface area contributed by atoms with Crippen LogP contribution in [0, 0.1) is 0 Å². The molecule has 1 amide bonds. The maximum absolute atomic E-state index is 11.8. The predicted octanol–water partition coefficient (Wildman–Crippen LogP) is 3.04. The van der Waals surface area contributed by atoms with Crippen molar-refractivity contribution >= 4 is 23.4 Å². The molecule has 122 valence electrons. The molecule has 0 radical (unpaired) electrons. The topological polar surface area (TPSA) is 84.6 Å². The molecule has 1 fully saturated rings. The molecule has 2 rings (SSSR count). The van der Waals surface area contributed by atoms with Crippen molar-refractivity contribution in [3.63, 3.8) is 0 Å². The monoisotopic (exact) mass is 326 g/mol. The van der Waals surface area contributed by atoms with Crippen molar-refractivity contribution in [2.75, 3.05) is 11.9 Å². The molecule has 1 aliphatic carbocycles. The SMILES string of the molecule is CC(C)(C)OC(=O)Nc1ccc(C2(CN)CC(O)C2)c(Cl)c1.